The molecule has 2 aromatic carbocycles. The van der Waals surface area contributed by atoms with E-state index in [4.69, 9.17) is 19.3 Å². The molecule has 2 aromatic rings. The number of likely N-dealkylation sites (N-methyl/N-ethyl adjacent to an activating group) is 2. The molecule has 1 aliphatic rings. The molecule has 0 heterocycles. The molecular weight excluding hydrogens is 568 g/mol. The zero-order valence-electron chi connectivity index (χ0n) is 26.2. The molecule has 2 N–H and O–H groups in total. The fourth-order valence-corrected chi connectivity index (χ4v) is 4.72. The van der Waals surface area contributed by atoms with Crippen LogP contribution in [0.3, 0.4) is 0 Å². The predicted octanol–water partition coefficient (Wildman–Crippen LogP) is 4.24. The van der Waals surface area contributed by atoms with E-state index in [0.29, 0.717) is 0 Å². The van der Waals surface area contributed by atoms with E-state index in [1.165, 1.54) is 16.8 Å². The van der Waals surface area contributed by atoms with Gasteiger partial charge in [0.25, 0.3) is 0 Å². The van der Waals surface area contributed by atoms with Gasteiger partial charge in [0.2, 0.25) is 5.91 Å². The second kappa shape index (κ2) is 15.9. The van der Waals surface area contributed by atoms with Crippen LogP contribution >= 0.6 is 0 Å². The van der Waals surface area contributed by atoms with Crippen LogP contribution in [0.5, 0.6) is 0 Å². The van der Waals surface area contributed by atoms with Gasteiger partial charge < -0.3 is 39.3 Å². The minimum absolute atomic E-state index is 0.0300. The summed E-state index contributed by atoms with van der Waals surface area (Å²) in [6.45, 7) is 6.70. The maximum Gasteiger partial charge on any atom is 0.410 e. The largest absolute Gasteiger partial charge is 0.465 e. The molecule has 240 valence electrons. The number of nitrogens with one attached hydrogen (secondary N) is 1. The standard InChI is InChI=1S/C32H44N4O8/c1-32(2,3)44-31(41)35(5)17-19-36(18-16-34(4)30(39)40)28(37)14-20-42-21-15-33-29(38)43-22-27-25-12-8-6-10-23(25)24-11-7-9-13-26(24)27/h6-13,27H,14-22H2,1-5H3,(H,33,38)(H,39,40). The average Bonchev–Trinajstić information content (AvgIpc) is 3.30. The molecule has 0 bridgehead atoms. The van der Waals surface area contributed by atoms with Crippen LogP contribution in [0.25, 0.3) is 11.1 Å². The van der Waals surface area contributed by atoms with E-state index in [9.17, 15) is 19.2 Å². The highest BCUT2D eigenvalue weighted by Crippen LogP contribution is 2.44. The third-order valence-electron chi connectivity index (χ3n) is 7.11. The fraction of sp³-hybridized carbons (Fsp3) is 0.500. The Hall–Kier alpha value is -4.32. The number of hydrogen-bond acceptors (Lipinski definition) is 7. The number of carboxylic acid groups (broad SMARTS) is 1. The number of hydrogen-bond donors (Lipinski definition) is 2. The Bertz CT molecular complexity index is 1250. The number of carbonyl (C=O) groups is 4. The first-order valence-electron chi connectivity index (χ1n) is 14.7. The summed E-state index contributed by atoms with van der Waals surface area (Å²) in [5.41, 5.74) is 3.93. The van der Waals surface area contributed by atoms with Crippen LogP contribution in [0.2, 0.25) is 0 Å². The van der Waals surface area contributed by atoms with E-state index >= 15 is 0 Å². The van der Waals surface area contributed by atoms with Crippen LogP contribution in [-0.4, -0.2) is 116 Å². The Morgan fingerprint density at radius 1 is 0.841 bits per heavy atom. The molecule has 0 aromatic heterocycles. The first kappa shape index (κ1) is 34.2. The van der Waals surface area contributed by atoms with Crippen molar-refractivity contribution in [3.05, 3.63) is 59.7 Å². The molecule has 0 aliphatic heterocycles. The second-order valence-corrected chi connectivity index (χ2v) is 11.6. The van der Waals surface area contributed by atoms with Gasteiger partial charge in [0.1, 0.15) is 12.2 Å². The number of carbonyl (C=O) groups excluding carboxylic acids is 3. The summed E-state index contributed by atoms with van der Waals surface area (Å²) >= 11 is 0. The summed E-state index contributed by atoms with van der Waals surface area (Å²) in [7, 11) is 3.00. The molecule has 12 heteroatoms. The molecule has 12 nitrogen and oxygen atoms in total. The lowest BCUT2D eigenvalue weighted by Gasteiger charge is -2.28. The van der Waals surface area contributed by atoms with Gasteiger partial charge in [-0.05, 0) is 43.0 Å². The Labute approximate surface area is 258 Å². The highest BCUT2D eigenvalue weighted by atomic mass is 16.6. The van der Waals surface area contributed by atoms with Gasteiger partial charge in [-0.15, -0.1) is 0 Å². The van der Waals surface area contributed by atoms with Crippen LogP contribution in [-0.2, 0) is 19.0 Å². The zero-order chi connectivity index (χ0) is 32.3. The van der Waals surface area contributed by atoms with Crippen molar-refractivity contribution in [2.75, 3.05) is 66.6 Å². The second-order valence-electron chi connectivity index (χ2n) is 11.6. The predicted molar refractivity (Wildman–Crippen MR) is 165 cm³/mol. The van der Waals surface area contributed by atoms with Crippen LogP contribution in [0.4, 0.5) is 14.4 Å². The maximum atomic E-state index is 12.9. The number of rotatable bonds is 14. The molecule has 0 spiro atoms. The Balaban J connectivity index is 1.38. The molecule has 0 radical (unpaired) electrons. The number of benzene rings is 2. The molecule has 0 saturated heterocycles. The first-order chi connectivity index (χ1) is 20.9. The summed E-state index contributed by atoms with van der Waals surface area (Å²) in [5.74, 6) is -0.275. The molecule has 1 aliphatic carbocycles. The topological polar surface area (TPSA) is 138 Å². The number of alkyl carbamates (subject to hydrolysis) is 1. The van der Waals surface area contributed by atoms with Crippen molar-refractivity contribution in [3.8, 4) is 11.1 Å². The van der Waals surface area contributed by atoms with Gasteiger partial charge in [-0.1, -0.05) is 48.5 Å². The molecule has 0 fully saturated rings. The summed E-state index contributed by atoms with van der Waals surface area (Å²) in [6, 6.07) is 16.2. The zero-order valence-corrected chi connectivity index (χ0v) is 26.2. The van der Waals surface area contributed by atoms with Crippen molar-refractivity contribution < 1.29 is 38.5 Å². The van der Waals surface area contributed by atoms with Crippen molar-refractivity contribution in [1.82, 2.24) is 20.0 Å². The van der Waals surface area contributed by atoms with E-state index in [1.807, 2.05) is 24.3 Å². The van der Waals surface area contributed by atoms with Gasteiger partial charge >= 0.3 is 18.3 Å². The molecule has 44 heavy (non-hydrogen) atoms. The summed E-state index contributed by atoms with van der Waals surface area (Å²) in [4.78, 5) is 52.7. The molecule has 0 unspecified atom stereocenters. The van der Waals surface area contributed by atoms with Crippen LogP contribution in [0, 0.1) is 0 Å². The fourth-order valence-electron chi connectivity index (χ4n) is 4.72. The number of amides is 4. The highest BCUT2D eigenvalue weighted by Gasteiger charge is 2.29. The lowest BCUT2D eigenvalue weighted by molar-refractivity contribution is -0.132. The quantitative estimate of drug-likeness (QED) is 0.302. The van der Waals surface area contributed by atoms with Gasteiger partial charge in [0.15, 0.2) is 0 Å². The molecular formula is C32H44N4O8. The van der Waals surface area contributed by atoms with E-state index in [0.717, 1.165) is 27.2 Å². The average molecular weight is 613 g/mol. The summed E-state index contributed by atoms with van der Waals surface area (Å²) in [5, 5.41) is 11.8. The summed E-state index contributed by atoms with van der Waals surface area (Å²) < 4.78 is 16.4. The third-order valence-corrected chi connectivity index (χ3v) is 7.11. The number of ether oxygens (including phenoxy) is 3. The van der Waals surface area contributed by atoms with Gasteiger partial charge in [-0.2, -0.15) is 0 Å². The lowest BCUT2D eigenvalue weighted by Crippen LogP contribution is -2.44. The number of fused-ring (bicyclic) bond motifs is 3. The van der Waals surface area contributed by atoms with Gasteiger partial charge in [0, 0.05) is 52.7 Å². The van der Waals surface area contributed by atoms with Crippen molar-refractivity contribution in [2.45, 2.75) is 38.7 Å². The lowest BCUT2D eigenvalue weighted by atomic mass is 9.98. The van der Waals surface area contributed by atoms with Gasteiger partial charge in [-0.3, -0.25) is 4.79 Å². The van der Waals surface area contributed by atoms with Crippen LogP contribution in [0.1, 0.15) is 44.2 Å². The molecule has 0 saturated carbocycles. The normalized spacial score (nSPS) is 12.1. The smallest absolute Gasteiger partial charge is 0.410 e. The van der Waals surface area contributed by atoms with E-state index in [2.05, 4.69) is 29.6 Å². The maximum absolute atomic E-state index is 12.9. The van der Waals surface area contributed by atoms with Crippen molar-refractivity contribution in [1.29, 1.82) is 0 Å². The molecule has 3 rings (SSSR count). The van der Waals surface area contributed by atoms with Crippen LogP contribution < -0.4 is 5.32 Å². The SMILES string of the molecule is CN(CCN(CCN(C)C(=O)OC(C)(C)C)C(=O)CCOCCNC(=O)OCC1c2ccccc2-c2ccccc21)C(=O)O. The molecule has 4 amide bonds. The van der Waals surface area contributed by atoms with Crippen molar-refractivity contribution in [2.24, 2.45) is 0 Å². The minimum atomic E-state index is -1.10. The Morgan fingerprint density at radius 3 is 1.98 bits per heavy atom. The Morgan fingerprint density at radius 2 is 1.41 bits per heavy atom. The third kappa shape index (κ3) is 10.1. The molecule has 0 atom stereocenters. The summed E-state index contributed by atoms with van der Waals surface area (Å²) in [6.07, 6.45) is -2.11. The van der Waals surface area contributed by atoms with Crippen LogP contribution in [0.15, 0.2) is 48.5 Å². The van der Waals surface area contributed by atoms with Crippen molar-refractivity contribution in [3.63, 3.8) is 0 Å². The monoisotopic (exact) mass is 612 g/mol. The van der Waals surface area contributed by atoms with E-state index < -0.39 is 23.9 Å². The minimum Gasteiger partial charge on any atom is -0.465 e. The van der Waals surface area contributed by atoms with Gasteiger partial charge in [-0.25, -0.2) is 14.4 Å². The Kier molecular flexibility index (Phi) is 12.4. The highest BCUT2D eigenvalue weighted by molar-refractivity contribution is 5.79. The number of nitrogens with zero attached hydrogens (tertiary/aromatic N) is 3. The van der Waals surface area contributed by atoms with E-state index in [1.54, 1.807) is 27.8 Å². The van der Waals surface area contributed by atoms with Gasteiger partial charge in [0.05, 0.1) is 19.6 Å². The van der Waals surface area contributed by atoms with E-state index in [-0.39, 0.29) is 70.8 Å². The first-order valence-corrected chi connectivity index (χ1v) is 14.7. The van der Waals surface area contributed by atoms with Crippen molar-refractivity contribution >= 4 is 24.2 Å².